The van der Waals surface area contributed by atoms with Gasteiger partial charge in [-0.25, -0.2) is 17.2 Å². The average Bonchev–Trinajstić information content (AvgIpc) is 3.35. The summed E-state index contributed by atoms with van der Waals surface area (Å²) in [6.45, 7) is 2.47. The Hall–Kier alpha value is -2.03. The van der Waals surface area contributed by atoms with Crippen LogP contribution in [0.4, 0.5) is 8.78 Å². The monoisotopic (exact) mass is 524 g/mol. The highest BCUT2D eigenvalue weighted by Gasteiger charge is 2.44. The number of hydrogen-bond acceptors (Lipinski definition) is 3. The number of nitrogens with zero attached hydrogens (tertiary/aromatic N) is 2. The van der Waals surface area contributed by atoms with E-state index in [4.69, 9.17) is 11.6 Å². The van der Waals surface area contributed by atoms with Crippen molar-refractivity contribution in [2.24, 2.45) is 0 Å². The largest absolute Gasteiger partial charge is 0.334 e. The first-order valence-corrected chi connectivity index (χ1v) is 14.0. The van der Waals surface area contributed by atoms with Crippen molar-refractivity contribution in [3.05, 3.63) is 64.7 Å². The average molecular weight is 525 g/mol. The molecule has 190 valence electrons. The second-order valence-corrected chi connectivity index (χ2v) is 11.8. The van der Waals surface area contributed by atoms with E-state index in [1.54, 1.807) is 53.4 Å². The van der Waals surface area contributed by atoms with Crippen LogP contribution in [0.5, 0.6) is 0 Å². The van der Waals surface area contributed by atoms with Crippen molar-refractivity contribution in [2.45, 2.75) is 81.3 Å². The third-order valence-corrected chi connectivity index (χ3v) is 9.28. The lowest BCUT2D eigenvalue weighted by atomic mass is 9.90. The van der Waals surface area contributed by atoms with Crippen LogP contribution in [0.2, 0.25) is 5.02 Å². The van der Waals surface area contributed by atoms with Gasteiger partial charge in [0.25, 0.3) is 0 Å². The number of carbonyl (C=O) groups is 1. The molecule has 0 spiro atoms. The van der Waals surface area contributed by atoms with E-state index < -0.39 is 22.0 Å². The van der Waals surface area contributed by atoms with Crippen LogP contribution in [0.25, 0.3) is 0 Å². The van der Waals surface area contributed by atoms with Crippen molar-refractivity contribution in [3.63, 3.8) is 0 Å². The molecule has 1 saturated carbocycles. The van der Waals surface area contributed by atoms with E-state index in [-0.39, 0.29) is 55.6 Å². The lowest BCUT2D eigenvalue weighted by Crippen LogP contribution is -2.52. The van der Waals surface area contributed by atoms with Gasteiger partial charge in [0.15, 0.2) is 0 Å². The predicted octanol–water partition coefficient (Wildman–Crippen LogP) is 5.66. The molecule has 1 aliphatic carbocycles. The summed E-state index contributed by atoms with van der Waals surface area (Å²) in [6.07, 6.45) is 1.59. The molecule has 9 heteroatoms. The first-order chi connectivity index (χ1) is 16.6. The standard InChI is InChI=1S/C26H31ClF2N2O3S/c1-2-19-7-11-23(12-8-19)35(33,34)31-17-3-4-24(31)25(32)30(18-20-5-9-21(27)10-6-20)22-13-15-26(28,29)16-14-22/h5-12,22,24H,2-4,13-18H2,1H3/t24-/m0/s1. The molecule has 0 aromatic heterocycles. The Balaban J connectivity index is 1.60. The number of alkyl halides is 2. The van der Waals surface area contributed by atoms with Gasteiger partial charge in [-0.1, -0.05) is 42.8 Å². The smallest absolute Gasteiger partial charge is 0.248 e. The highest BCUT2D eigenvalue weighted by Crippen LogP contribution is 2.37. The van der Waals surface area contributed by atoms with Gasteiger partial charge in [-0.3, -0.25) is 4.79 Å². The van der Waals surface area contributed by atoms with Crippen LogP contribution >= 0.6 is 11.6 Å². The van der Waals surface area contributed by atoms with E-state index in [9.17, 15) is 22.0 Å². The second-order valence-electron chi connectivity index (χ2n) is 9.45. The van der Waals surface area contributed by atoms with Crippen molar-refractivity contribution >= 4 is 27.5 Å². The molecule has 2 aromatic carbocycles. The maximum Gasteiger partial charge on any atom is 0.248 e. The zero-order chi connectivity index (χ0) is 25.2. The summed E-state index contributed by atoms with van der Waals surface area (Å²) in [7, 11) is -3.87. The Morgan fingerprint density at radius 1 is 1.03 bits per heavy atom. The minimum Gasteiger partial charge on any atom is -0.334 e. The van der Waals surface area contributed by atoms with Crippen LogP contribution in [0.1, 0.15) is 56.6 Å². The molecule has 1 amide bonds. The van der Waals surface area contributed by atoms with E-state index in [1.165, 1.54) is 4.31 Å². The molecule has 0 N–H and O–H groups in total. The van der Waals surface area contributed by atoms with E-state index in [2.05, 4.69) is 0 Å². The third-order valence-electron chi connectivity index (χ3n) is 7.10. The van der Waals surface area contributed by atoms with Crippen LogP contribution in [0.15, 0.2) is 53.4 Å². The summed E-state index contributed by atoms with van der Waals surface area (Å²) in [6, 6.07) is 12.6. The predicted molar refractivity (Wildman–Crippen MR) is 132 cm³/mol. The molecule has 35 heavy (non-hydrogen) atoms. The fourth-order valence-corrected chi connectivity index (χ4v) is 6.79. The van der Waals surface area contributed by atoms with Crippen molar-refractivity contribution in [3.8, 4) is 0 Å². The number of halogens is 3. The van der Waals surface area contributed by atoms with Crippen LogP contribution in [-0.4, -0.2) is 48.1 Å². The van der Waals surface area contributed by atoms with Gasteiger partial charge in [-0.2, -0.15) is 4.31 Å². The van der Waals surface area contributed by atoms with Crippen molar-refractivity contribution in [1.29, 1.82) is 0 Å². The molecule has 1 aliphatic heterocycles. The van der Waals surface area contributed by atoms with E-state index >= 15 is 0 Å². The van der Waals surface area contributed by atoms with Crippen LogP contribution < -0.4 is 0 Å². The second kappa shape index (κ2) is 10.5. The Kier molecular flexibility index (Phi) is 7.83. The maximum absolute atomic E-state index is 13.9. The molecule has 2 fully saturated rings. The molecule has 5 nitrogen and oxygen atoms in total. The van der Waals surface area contributed by atoms with Gasteiger partial charge >= 0.3 is 0 Å². The molecule has 1 saturated heterocycles. The Labute approximate surface area is 211 Å². The molecule has 0 bridgehead atoms. The zero-order valence-corrected chi connectivity index (χ0v) is 21.4. The summed E-state index contributed by atoms with van der Waals surface area (Å²) in [5.41, 5.74) is 1.85. The highest BCUT2D eigenvalue weighted by atomic mass is 35.5. The molecular weight excluding hydrogens is 494 g/mol. The van der Waals surface area contributed by atoms with Gasteiger partial charge in [0.2, 0.25) is 21.9 Å². The van der Waals surface area contributed by atoms with Gasteiger partial charge in [0.1, 0.15) is 6.04 Å². The van der Waals surface area contributed by atoms with Crippen molar-refractivity contribution < 1.29 is 22.0 Å². The Morgan fingerprint density at radius 2 is 1.63 bits per heavy atom. The number of benzene rings is 2. The van der Waals surface area contributed by atoms with Gasteiger partial charge in [-0.15, -0.1) is 0 Å². The van der Waals surface area contributed by atoms with E-state index in [0.717, 1.165) is 17.5 Å². The van der Waals surface area contributed by atoms with Gasteiger partial charge in [-0.05, 0) is 67.5 Å². The van der Waals surface area contributed by atoms with Gasteiger partial charge in [0, 0.05) is 37.0 Å². The first-order valence-electron chi connectivity index (χ1n) is 12.1. The Bertz CT molecular complexity index is 1130. The summed E-state index contributed by atoms with van der Waals surface area (Å²) >= 11 is 6.00. The third kappa shape index (κ3) is 5.87. The molecular formula is C26H31ClF2N2O3S. The number of carbonyl (C=O) groups excluding carboxylic acids is 1. The van der Waals surface area contributed by atoms with Crippen LogP contribution in [0, 0.1) is 0 Å². The highest BCUT2D eigenvalue weighted by molar-refractivity contribution is 7.89. The summed E-state index contributed by atoms with van der Waals surface area (Å²) in [5, 5.41) is 0.561. The summed E-state index contributed by atoms with van der Waals surface area (Å²) < 4.78 is 56.0. The molecule has 4 rings (SSSR count). The quantitative estimate of drug-likeness (QED) is 0.469. The molecule has 1 heterocycles. The van der Waals surface area contributed by atoms with Crippen molar-refractivity contribution in [2.75, 3.05) is 6.54 Å². The Morgan fingerprint density at radius 3 is 2.23 bits per heavy atom. The molecule has 0 unspecified atom stereocenters. The molecule has 1 atom stereocenters. The number of aryl methyl sites for hydroxylation is 1. The normalized spacial score (nSPS) is 21.2. The minimum atomic E-state index is -3.87. The van der Waals surface area contributed by atoms with Crippen LogP contribution in [-0.2, 0) is 27.8 Å². The first kappa shape index (κ1) is 26.0. The fourth-order valence-electron chi connectivity index (χ4n) is 5.01. The number of rotatable bonds is 7. The molecule has 2 aliphatic rings. The van der Waals surface area contributed by atoms with E-state index in [0.29, 0.717) is 17.9 Å². The lowest BCUT2D eigenvalue weighted by Gasteiger charge is -2.39. The molecule has 2 aromatic rings. The van der Waals surface area contributed by atoms with Gasteiger partial charge in [0.05, 0.1) is 4.90 Å². The number of sulfonamides is 1. The summed E-state index contributed by atoms with van der Waals surface area (Å²) in [5.74, 6) is -3.04. The van der Waals surface area contributed by atoms with Gasteiger partial charge < -0.3 is 4.90 Å². The lowest BCUT2D eigenvalue weighted by molar-refractivity contribution is -0.141. The number of hydrogen-bond donors (Lipinski definition) is 0. The minimum absolute atomic E-state index is 0.163. The maximum atomic E-state index is 13.9. The summed E-state index contributed by atoms with van der Waals surface area (Å²) in [4.78, 5) is 15.7. The topological polar surface area (TPSA) is 57.7 Å². The fraction of sp³-hybridized carbons (Fsp3) is 0.500. The van der Waals surface area contributed by atoms with Crippen molar-refractivity contribution in [1.82, 2.24) is 9.21 Å². The number of amides is 1. The van der Waals surface area contributed by atoms with E-state index in [1.807, 2.05) is 6.92 Å². The zero-order valence-electron chi connectivity index (χ0n) is 19.8. The van der Waals surface area contributed by atoms with Crippen LogP contribution in [0.3, 0.4) is 0 Å². The molecule has 0 radical (unpaired) electrons. The SMILES string of the molecule is CCc1ccc(S(=O)(=O)N2CCC[C@H]2C(=O)N(Cc2ccc(Cl)cc2)C2CCC(F)(F)CC2)cc1.